The summed E-state index contributed by atoms with van der Waals surface area (Å²) >= 11 is 17.9. The summed E-state index contributed by atoms with van der Waals surface area (Å²) in [5, 5.41) is 0.993. The van der Waals surface area contributed by atoms with Gasteiger partial charge in [-0.3, -0.25) is 4.79 Å². The van der Waals surface area contributed by atoms with E-state index in [0.29, 0.717) is 37.7 Å². The molecule has 0 N–H and O–H groups in total. The third-order valence-electron chi connectivity index (χ3n) is 2.88. The summed E-state index contributed by atoms with van der Waals surface area (Å²) in [7, 11) is 2.95. The fourth-order valence-corrected chi connectivity index (χ4v) is 2.44. The first-order valence-electron chi connectivity index (χ1n) is 5.89. The Kier molecular flexibility index (Phi) is 4.99. The maximum Gasteiger partial charge on any atom is 0.193 e. The van der Waals surface area contributed by atoms with Gasteiger partial charge in [-0.2, -0.15) is 0 Å². The van der Waals surface area contributed by atoms with E-state index in [-0.39, 0.29) is 5.78 Å². The van der Waals surface area contributed by atoms with Gasteiger partial charge in [0.05, 0.1) is 29.3 Å². The second-order valence-corrected chi connectivity index (χ2v) is 5.37. The molecular weight excluding hydrogens is 335 g/mol. The van der Waals surface area contributed by atoms with Crippen LogP contribution in [0, 0.1) is 0 Å². The summed E-state index contributed by atoms with van der Waals surface area (Å²) in [4.78, 5) is 12.5. The van der Waals surface area contributed by atoms with Crippen LogP contribution < -0.4 is 9.47 Å². The molecule has 0 aliphatic heterocycles. The molecule has 0 bridgehead atoms. The van der Waals surface area contributed by atoms with Crippen molar-refractivity contribution in [1.82, 2.24) is 0 Å². The van der Waals surface area contributed by atoms with Crippen LogP contribution in [0.1, 0.15) is 15.9 Å². The average molecular weight is 346 g/mol. The van der Waals surface area contributed by atoms with Gasteiger partial charge in [-0.25, -0.2) is 0 Å². The van der Waals surface area contributed by atoms with Crippen molar-refractivity contribution >= 4 is 40.6 Å². The number of carbonyl (C=O) groups excluding carboxylic acids is 1. The van der Waals surface area contributed by atoms with Gasteiger partial charge in [0.25, 0.3) is 0 Å². The zero-order chi connectivity index (χ0) is 15.6. The standard InChI is InChI=1S/C15H11Cl3O3/c1-20-13-7-9(6-12(18)15(13)21-2)14(19)8-3-4-10(16)11(17)5-8/h3-7H,1-2H3. The molecule has 0 radical (unpaired) electrons. The van der Waals surface area contributed by atoms with Crippen molar-refractivity contribution in [1.29, 1.82) is 0 Å². The van der Waals surface area contributed by atoms with Crippen LogP contribution >= 0.6 is 34.8 Å². The molecule has 0 spiro atoms. The minimum absolute atomic E-state index is 0.239. The van der Waals surface area contributed by atoms with Gasteiger partial charge in [0, 0.05) is 11.1 Å². The molecule has 0 heterocycles. The van der Waals surface area contributed by atoms with Crippen molar-refractivity contribution < 1.29 is 14.3 Å². The van der Waals surface area contributed by atoms with Crippen molar-refractivity contribution in [2.45, 2.75) is 0 Å². The molecule has 0 saturated carbocycles. The van der Waals surface area contributed by atoms with Gasteiger partial charge in [-0.1, -0.05) is 34.8 Å². The molecule has 2 aromatic rings. The largest absolute Gasteiger partial charge is 0.493 e. The van der Waals surface area contributed by atoms with E-state index < -0.39 is 0 Å². The quantitative estimate of drug-likeness (QED) is 0.740. The van der Waals surface area contributed by atoms with E-state index >= 15 is 0 Å². The summed E-state index contributed by atoms with van der Waals surface area (Å²) < 4.78 is 10.3. The first-order chi connectivity index (χ1) is 9.97. The number of hydrogen-bond donors (Lipinski definition) is 0. The highest BCUT2D eigenvalue weighted by Gasteiger charge is 2.17. The van der Waals surface area contributed by atoms with Gasteiger partial charge < -0.3 is 9.47 Å². The maximum atomic E-state index is 12.5. The third kappa shape index (κ3) is 3.26. The number of halogens is 3. The van der Waals surface area contributed by atoms with E-state index in [0.717, 1.165) is 0 Å². The highest BCUT2D eigenvalue weighted by atomic mass is 35.5. The van der Waals surface area contributed by atoms with E-state index in [1.165, 1.54) is 26.4 Å². The minimum atomic E-state index is -0.239. The summed E-state index contributed by atoms with van der Waals surface area (Å²) in [5.41, 5.74) is 0.781. The SMILES string of the molecule is COc1cc(C(=O)c2ccc(Cl)c(Cl)c2)cc(Cl)c1OC. The Bertz CT molecular complexity index is 699. The monoisotopic (exact) mass is 344 g/mol. The van der Waals surface area contributed by atoms with Crippen LogP contribution in [0.5, 0.6) is 11.5 Å². The van der Waals surface area contributed by atoms with Gasteiger partial charge in [-0.15, -0.1) is 0 Å². The van der Waals surface area contributed by atoms with Crippen LogP contribution in [-0.2, 0) is 0 Å². The van der Waals surface area contributed by atoms with Crippen molar-refractivity contribution in [3.63, 3.8) is 0 Å². The van der Waals surface area contributed by atoms with Crippen LogP contribution in [0.3, 0.4) is 0 Å². The van der Waals surface area contributed by atoms with Crippen LogP contribution in [0.15, 0.2) is 30.3 Å². The maximum absolute atomic E-state index is 12.5. The molecule has 0 atom stereocenters. The lowest BCUT2D eigenvalue weighted by Crippen LogP contribution is -2.03. The van der Waals surface area contributed by atoms with Crippen molar-refractivity contribution in [3.05, 3.63) is 56.5 Å². The highest BCUT2D eigenvalue weighted by molar-refractivity contribution is 6.42. The number of ether oxygens (including phenoxy) is 2. The lowest BCUT2D eigenvalue weighted by atomic mass is 10.0. The Morgan fingerprint density at radius 2 is 1.52 bits per heavy atom. The Balaban J connectivity index is 2.48. The number of hydrogen-bond acceptors (Lipinski definition) is 3. The number of carbonyl (C=O) groups is 1. The van der Waals surface area contributed by atoms with Gasteiger partial charge in [-0.05, 0) is 30.3 Å². The molecule has 0 unspecified atom stereocenters. The van der Waals surface area contributed by atoms with Crippen molar-refractivity contribution in [3.8, 4) is 11.5 Å². The number of methoxy groups -OCH3 is 2. The summed E-state index contributed by atoms with van der Waals surface area (Å²) in [6, 6.07) is 7.76. The first kappa shape index (κ1) is 16.0. The molecule has 0 aliphatic rings. The van der Waals surface area contributed by atoms with E-state index in [1.807, 2.05) is 0 Å². The predicted molar refractivity (Wildman–Crippen MR) is 84.5 cm³/mol. The third-order valence-corrected chi connectivity index (χ3v) is 3.90. The number of rotatable bonds is 4. The number of ketones is 1. The Hall–Kier alpha value is -1.42. The van der Waals surface area contributed by atoms with E-state index in [2.05, 4.69) is 0 Å². The molecule has 2 aromatic carbocycles. The van der Waals surface area contributed by atoms with Crippen LogP contribution in [0.4, 0.5) is 0 Å². The van der Waals surface area contributed by atoms with Gasteiger partial charge >= 0.3 is 0 Å². The molecule has 3 nitrogen and oxygen atoms in total. The second-order valence-electron chi connectivity index (χ2n) is 4.15. The van der Waals surface area contributed by atoms with Gasteiger partial charge in [0.15, 0.2) is 17.3 Å². The molecular formula is C15H11Cl3O3. The van der Waals surface area contributed by atoms with Crippen LogP contribution in [0.25, 0.3) is 0 Å². The molecule has 0 fully saturated rings. The van der Waals surface area contributed by atoms with Crippen molar-refractivity contribution in [2.75, 3.05) is 14.2 Å². The zero-order valence-corrected chi connectivity index (χ0v) is 13.5. The van der Waals surface area contributed by atoms with E-state index in [1.54, 1.807) is 18.2 Å². The molecule has 2 rings (SSSR count). The number of benzene rings is 2. The van der Waals surface area contributed by atoms with E-state index in [9.17, 15) is 4.79 Å². The first-order valence-corrected chi connectivity index (χ1v) is 7.02. The predicted octanol–water partition coefficient (Wildman–Crippen LogP) is 4.90. The summed E-state index contributed by atoms with van der Waals surface area (Å²) in [6.07, 6.45) is 0. The highest BCUT2D eigenvalue weighted by Crippen LogP contribution is 2.36. The Morgan fingerprint density at radius 1 is 0.857 bits per heavy atom. The molecule has 0 amide bonds. The normalized spacial score (nSPS) is 10.3. The molecule has 110 valence electrons. The second kappa shape index (κ2) is 6.56. The van der Waals surface area contributed by atoms with Gasteiger partial charge in [0.1, 0.15) is 0 Å². The topological polar surface area (TPSA) is 35.5 Å². The van der Waals surface area contributed by atoms with Crippen molar-refractivity contribution in [2.24, 2.45) is 0 Å². The summed E-state index contributed by atoms with van der Waals surface area (Å²) in [6.45, 7) is 0. The van der Waals surface area contributed by atoms with Gasteiger partial charge in [0.2, 0.25) is 0 Å². The fourth-order valence-electron chi connectivity index (χ4n) is 1.85. The zero-order valence-electron chi connectivity index (χ0n) is 11.2. The van der Waals surface area contributed by atoms with E-state index in [4.69, 9.17) is 44.3 Å². The van der Waals surface area contributed by atoms with Crippen LogP contribution in [0.2, 0.25) is 15.1 Å². The Labute approximate surface area is 137 Å². The molecule has 0 aliphatic carbocycles. The smallest absolute Gasteiger partial charge is 0.193 e. The average Bonchev–Trinajstić information content (AvgIpc) is 2.48. The lowest BCUT2D eigenvalue weighted by molar-refractivity contribution is 0.103. The minimum Gasteiger partial charge on any atom is -0.493 e. The molecule has 0 aromatic heterocycles. The molecule has 0 saturated heterocycles. The summed E-state index contributed by atoms with van der Waals surface area (Å²) in [5.74, 6) is 0.523. The molecule has 21 heavy (non-hydrogen) atoms. The fraction of sp³-hybridized carbons (Fsp3) is 0.133. The molecule has 6 heteroatoms. The Morgan fingerprint density at radius 3 is 2.10 bits per heavy atom. The lowest BCUT2D eigenvalue weighted by Gasteiger charge is -2.11. The van der Waals surface area contributed by atoms with Crippen LogP contribution in [-0.4, -0.2) is 20.0 Å².